The largest absolute Gasteiger partial charge is 0.372 e. The summed E-state index contributed by atoms with van der Waals surface area (Å²) in [6, 6.07) is 11.1. The maximum atomic E-state index is 13.3. The van der Waals surface area contributed by atoms with Gasteiger partial charge in [0.15, 0.2) is 5.60 Å². The molecule has 2 N–H and O–H groups in total. The lowest BCUT2D eigenvalue weighted by molar-refractivity contribution is -0.129. The zero-order chi connectivity index (χ0) is 13.6. The Hall–Kier alpha value is -2.20. The van der Waals surface area contributed by atoms with E-state index in [1.54, 1.807) is 31.2 Å². The highest BCUT2D eigenvalue weighted by molar-refractivity contribution is 6.07. The van der Waals surface area contributed by atoms with Crippen molar-refractivity contribution in [3.63, 3.8) is 0 Å². The number of hydrogen-bond donors (Lipinski definition) is 2. The molecular formula is C15H12FNO2. The summed E-state index contributed by atoms with van der Waals surface area (Å²) >= 11 is 0. The van der Waals surface area contributed by atoms with Gasteiger partial charge in [-0.1, -0.05) is 24.3 Å². The molecule has 0 bridgehead atoms. The van der Waals surface area contributed by atoms with E-state index in [0.717, 1.165) is 0 Å². The predicted molar refractivity (Wildman–Crippen MR) is 69.2 cm³/mol. The van der Waals surface area contributed by atoms with Crippen LogP contribution in [-0.2, 0) is 10.4 Å². The van der Waals surface area contributed by atoms with Crippen LogP contribution in [0.4, 0.5) is 10.1 Å². The Kier molecular flexibility index (Phi) is 2.43. The molecule has 3 rings (SSSR count). The van der Waals surface area contributed by atoms with Crippen molar-refractivity contribution in [2.45, 2.75) is 12.5 Å². The Morgan fingerprint density at radius 2 is 1.95 bits per heavy atom. The number of benzene rings is 2. The van der Waals surface area contributed by atoms with E-state index < -0.39 is 11.5 Å². The van der Waals surface area contributed by atoms with E-state index in [2.05, 4.69) is 5.32 Å². The summed E-state index contributed by atoms with van der Waals surface area (Å²) in [5, 5.41) is 13.4. The smallest absolute Gasteiger partial charge is 0.265 e. The Labute approximate surface area is 109 Å². The van der Waals surface area contributed by atoms with E-state index in [9.17, 15) is 14.3 Å². The van der Waals surface area contributed by atoms with Gasteiger partial charge >= 0.3 is 0 Å². The molecule has 1 aliphatic rings. The molecule has 0 saturated carbocycles. The molecule has 0 unspecified atom stereocenters. The van der Waals surface area contributed by atoms with Crippen LogP contribution in [-0.4, -0.2) is 11.0 Å². The fourth-order valence-corrected chi connectivity index (χ4v) is 2.40. The minimum absolute atomic E-state index is 0.362. The van der Waals surface area contributed by atoms with Gasteiger partial charge in [0.2, 0.25) is 0 Å². The standard InChI is InChI=1S/C15H12FNO2/c1-9-8-10(6-7-12(9)16)15(19)11-4-2-3-5-13(11)17-14(15)18/h2-8,19H,1H3,(H,17,18)/t15-/m1/s1. The Balaban J connectivity index is 2.22. The lowest BCUT2D eigenvalue weighted by Gasteiger charge is -2.21. The zero-order valence-corrected chi connectivity index (χ0v) is 10.3. The highest BCUT2D eigenvalue weighted by Gasteiger charge is 2.46. The predicted octanol–water partition coefficient (Wildman–Crippen LogP) is 2.32. The Bertz CT molecular complexity index is 684. The number of anilines is 1. The van der Waals surface area contributed by atoms with E-state index in [4.69, 9.17) is 0 Å². The van der Waals surface area contributed by atoms with E-state index >= 15 is 0 Å². The van der Waals surface area contributed by atoms with E-state index in [1.165, 1.54) is 18.2 Å². The van der Waals surface area contributed by atoms with Crippen molar-refractivity contribution in [2.24, 2.45) is 0 Å². The van der Waals surface area contributed by atoms with Crippen molar-refractivity contribution in [3.8, 4) is 0 Å². The van der Waals surface area contributed by atoms with Gasteiger partial charge in [-0.3, -0.25) is 4.79 Å². The molecule has 0 fully saturated rings. The van der Waals surface area contributed by atoms with Crippen LogP contribution in [0, 0.1) is 12.7 Å². The third-order valence-electron chi connectivity index (χ3n) is 3.47. The minimum Gasteiger partial charge on any atom is -0.372 e. The summed E-state index contributed by atoms with van der Waals surface area (Å²) in [5.41, 5.74) is 0.0784. The van der Waals surface area contributed by atoms with E-state index in [-0.39, 0.29) is 5.82 Å². The number of hydrogen-bond acceptors (Lipinski definition) is 2. The highest BCUT2D eigenvalue weighted by Crippen LogP contribution is 2.40. The first-order valence-corrected chi connectivity index (χ1v) is 5.93. The second-order valence-corrected chi connectivity index (χ2v) is 4.67. The number of nitrogens with one attached hydrogen (secondary N) is 1. The van der Waals surface area contributed by atoms with Crippen molar-refractivity contribution in [1.29, 1.82) is 0 Å². The van der Waals surface area contributed by atoms with Crippen molar-refractivity contribution in [3.05, 3.63) is 65.0 Å². The molecule has 3 nitrogen and oxygen atoms in total. The third-order valence-corrected chi connectivity index (χ3v) is 3.47. The Morgan fingerprint density at radius 1 is 1.21 bits per heavy atom. The van der Waals surface area contributed by atoms with Gasteiger partial charge in [-0.05, 0) is 36.2 Å². The highest BCUT2D eigenvalue weighted by atomic mass is 19.1. The number of carbonyl (C=O) groups is 1. The fourth-order valence-electron chi connectivity index (χ4n) is 2.40. The van der Waals surface area contributed by atoms with Crippen molar-refractivity contribution in [2.75, 3.05) is 5.32 Å². The summed E-state index contributed by atoms with van der Waals surface area (Å²) in [4.78, 5) is 12.1. The first kappa shape index (κ1) is 11.9. The maximum Gasteiger partial charge on any atom is 0.265 e. The molecular weight excluding hydrogens is 245 g/mol. The van der Waals surface area contributed by atoms with Crippen molar-refractivity contribution < 1.29 is 14.3 Å². The molecule has 19 heavy (non-hydrogen) atoms. The summed E-state index contributed by atoms with van der Waals surface area (Å²) in [6.45, 7) is 1.60. The molecule has 2 aromatic carbocycles. The van der Waals surface area contributed by atoms with Gasteiger partial charge in [0.05, 0.1) is 0 Å². The van der Waals surface area contributed by atoms with Gasteiger partial charge < -0.3 is 10.4 Å². The maximum absolute atomic E-state index is 13.3. The van der Waals surface area contributed by atoms with Gasteiger partial charge in [0, 0.05) is 11.3 Å². The molecule has 0 aromatic heterocycles. The molecule has 0 spiro atoms. The number of carbonyl (C=O) groups excluding carboxylic acids is 1. The SMILES string of the molecule is Cc1cc([C@]2(O)C(=O)Nc3ccccc32)ccc1F. The van der Waals surface area contributed by atoms with E-state index in [0.29, 0.717) is 22.4 Å². The second kappa shape index (κ2) is 3.90. The summed E-state index contributed by atoms with van der Waals surface area (Å²) in [7, 11) is 0. The summed E-state index contributed by atoms with van der Waals surface area (Å²) in [6.07, 6.45) is 0. The third kappa shape index (κ3) is 1.57. The van der Waals surface area contributed by atoms with Gasteiger partial charge in [-0.2, -0.15) is 0 Å². The van der Waals surface area contributed by atoms with Crippen molar-refractivity contribution >= 4 is 11.6 Å². The van der Waals surface area contributed by atoms with Gasteiger partial charge in [-0.15, -0.1) is 0 Å². The normalized spacial score (nSPS) is 21.1. The molecule has 1 atom stereocenters. The number of fused-ring (bicyclic) bond motifs is 1. The van der Waals surface area contributed by atoms with Gasteiger partial charge in [-0.25, -0.2) is 4.39 Å². The average molecular weight is 257 g/mol. The molecule has 2 aromatic rings. The van der Waals surface area contributed by atoms with Crippen LogP contribution in [0.25, 0.3) is 0 Å². The van der Waals surface area contributed by atoms with Crippen LogP contribution >= 0.6 is 0 Å². The molecule has 0 saturated heterocycles. The lowest BCUT2D eigenvalue weighted by atomic mass is 9.87. The molecule has 1 aliphatic heterocycles. The zero-order valence-electron chi connectivity index (χ0n) is 10.3. The summed E-state index contributed by atoms with van der Waals surface area (Å²) < 4.78 is 13.3. The quantitative estimate of drug-likeness (QED) is 0.823. The fraction of sp³-hybridized carbons (Fsp3) is 0.133. The van der Waals surface area contributed by atoms with Crippen LogP contribution in [0.5, 0.6) is 0 Å². The molecule has 4 heteroatoms. The first-order valence-electron chi connectivity index (χ1n) is 5.93. The lowest BCUT2D eigenvalue weighted by Crippen LogP contribution is -2.35. The number of halogens is 1. The van der Waals surface area contributed by atoms with Gasteiger partial charge in [0.1, 0.15) is 5.82 Å². The molecule has 1 heterocycles. The molecule has 1 amide bonds. The van der Waals surface area contributed by atoms with Crippen LogP contribution in [0.3, 0.4) is 0 Å². The van der Waals surface area contributed by atoms with Crippen LogP contribution < -0.4 is 5.32 Å². The van der Waals surface area contributed by atoms with Crippen LogP contribution in [0.15, 0.2) is 42.5 Å². The molecule has 96 valence electrons. The average Bonchev–Trinajstić information content (AvgIpc) is 2.66. The Morgan fingerprint density at radius 3 is 2.68 bits per heavy atom. The molecule has 0 radical (unpaired) electrons. The minimum atomic E-state index is -1.75. The number of amides is 1. The monoisotopic (exact) mass is 257 g/mol. The number of para-hydroxylation sites is 1. The van der Waals surface area contributed by atoms with Crippen LogP contribution in [0.1, 0.15) is 16.7 Å². The molecule has 0 aliphatic carbocycles. The van der Waals surface area contributed by atoms with Crippen LogP contribution in [0.2, 0.25) is 0 Å². The van der Waals surface area contributed by atoms with Gasteiger partial charge in [0.25, 0.3) is 5.91 Å². The number of aryl methyl sites for hydroxylation is 1. The second-order valence-electron chi connectivity index (χ2n) is 4.67. The topological polar surface area (TPSA) is 49.3 Å². The van der Waals surface area contributed by atoms with E-state index in [1.807, 2.05) is 0 Å². The number of rotatable bonds is 1. The summed E-state index contributed by atoms with van der Waals surface area (Å²) in [5.74, 6) is -0.876. The first-order chi connectivity index (χ1) is 9.03. The van der Waals surface area contributed by atoms with Crippen molar-refractivity contribution in [1.82, 2.24) is 0 Å². The number of aliphatic hydroxyl groups is 1.